The van der Waals surface area contributed by atoms with Crippen LogP contribution in [0.25, 0.3) is 0 Å². The highest BCUT2D eigenvalue weighted by molar-refractivity contribution is 14.0. The summed E-state index contributed by atoms with van der Waals surface area (Å²) in [4.78, 5) is 9.47. The maximum absolute atomic E-state index is 5.41. The lowest BCUT2D eigenvalue weighted by Gasteiger charge is -2.31. The molecule has 2 saturated heterocycles. The Morgan fingerprint density at radius 3 is 2.28 bits per heavy atom. The van der Waals surface area contributed by atoms with Gasteiger partial charge < -0.3 is 25.0 Å². The van der Waals surface area contributed by atoms with Crippen LogP contribution in [0.1, 0.15) is 38.2 Å². The molecule has 2 aliphatic heterocycles. The molecule has 1 aromatic carbocycles. The molecule has 0 aliphatic carbocycles. The lowest BCUT2D eigenvalue weighted by molar-refractivity contribution is 0.187. The molecule has 2 heterocycles. The fourth-order valence-electron chi connectivity index (χ4n) is 4.68. The van der Waals surface area contributed by atoms with Gasteiger partial charge in [-0.1, -0.05) is 6.92 Å². The fourth-order valence-corrected chi connectivity index (χ4v) is 4.68. The van der Waals surface area contributed by atoms with Crippen LogP contribution in [0.5, 0.6) is 11.5 Å². The Balaban J connectivity index is 0.00000363. The summed E-state index contributed by atoms with van der Waals surface area (Å²) in [6.45, 7) is 9.93. The van der Waals surface area contributed by atoms with Gasteiger partial charge in [-0.15, -0.1) is 24.0 Å². The van der Waals surface area contributed by atoms with Gasteiger partial charge in [-0.25, -0.2) is 0 Å². The number of nitrogens with one attached hydrogen (secondary N) is 2. The molecule has 0 saturated carbocycles. The molecule has 1 atom stereocenters. The lowest BCUT2D eigenvalue weighted by Crippen LogP contribution is -2.45. The highest BCUT2D eigenvalue weighted by atomic mass is 127. The first-order valence-corrected chi connectivity index (χ1v) is 11.8. The van der Waals surface area contributed by atoms with Crippen LogP contribution in [0.4, 0.5) is 0 Å². The van der Waals surface area contributed by atoms with Gasteiger partial charge in [-0.3, -0.25) is 9.89 Å². The minimum absolute atomic E-state index is 0. The standard InChI is InChI=1S/C24H41N5O2.HI/c1-5-28-11-7-19(8-12-28)6-10-26-24(25-2)27-21-9-13-29(18-21)17-20-14-22(30-3)16-23(15-20)31-4;/h14-16,19,21H,5-13,17-18H2,1-4H3,(H2,25,26,27);1H. The predicted octanol–water partition coefficient (Wildman–Crippen LogP) is 3.18. The number of likely N-dealkylation sites (tertiary alicyclic amines) is 2. The third kappa shape index (κ3) is 8.26. The monoisotopic (exact) mass is 559 g/mol. The van der Waals surface area contributed by atoms with Gasteiger partial charge in [-0.2, -0.15) is 0 Å². The Hall–Kier alpha value is -1.26. The Morgan fingerprint density at radius 2 is 1.69 bits per heavy atom. The first-order chi connectivity index (χ1) is 15.1. The van der Waals surface area contributed by atoms with Crippen LogP contribution in [0, 0.1) is 5.92 Å². The molecule has 1 unspecified atom stereocenters. The number of rotatable bonds is 9. The first kappa shape index (κ1) is 27.0. The molecule has 0 aromatic heterocycles. The molecule has 2 aliphatic rings. The molecular weight excluding hydrogens is 517 g/mol. The maximum Gasteiger partial charge on any atom is 0.191 e. The Labute approximate surface area is 211 Å². The van der Waals surface area contributed by atoms with Gasteiger partial charge in [-0.05, 0) is 68.9 Å². The second-order valence-corrected chi connectivity index (χ2v) is 8.75. The number of hydrogen-bond acceptors (Lipinski definition) is 5. The number of halogens is 1. The normalized spacial score (nSPS) is 20.6. The quantitative estimate of drug-likeness (QED) is 0.276. The average Bonchev–Trinajstić information content (AvgIpc) is 3.25. The molecule has 0 amide bonds. The fraction of sp³-hybridized carbons (Fsp3) is 0.708. The average molecular weight is 560 g/mol. The minimum Gasteiger partial charge on any atom is -0.497 e. The molecule has 0 bridgehead atoms. The summed E-state index contributed by atoms with van der Waals surface area (Å²) < 4.78 is 10.8. The summed E-state index contributed by atoms with van der Waals surface area (Å²) in [5, 5.41) is 7.16. The van der Waals surface area contributed by atoms with Crippen LogP contribution in [0.2, 0.25) is 0 Å². The van der Waals surface area contributed by atoms with Gasteiger partial charge in [0.05, 0.1) is 14.2 Å². The van der Waals surface area contributed by atoms with E-state index in [1.807, 2.05) is 13.1 Å². The summed E-state index contributed by atoms with van der Waals surface area (Å²) in [7, 11) is 5.26. The third-order valence-corrected chi connectivity index (χ3v) is 6.65. The summed E-state index contributed by atoms with van der Waals surface area (Å²) in [5.41, 5.74) is 1.22. The van der Waals surface area contributed by atoms with Gasteiger partial charge in [0.15, 0.2) is 5.96 Å². The van der Waals surface area contributed by atoms with Crippen LogP contribution in [-0.4, -0.2) is 82.3 Å². The van der Waals surface area contributed by atoms with Crippen molar-refractivity contribution in [2.75, 3.05) is 60.5 Å². The second-order valence-electron chi connectivity index (χ2n) is 8.75. The minimum atomic E-state index is 0. The van der Waals surface area contributed by atoms with Crippen molar-refractivity contribution < 1.29 is 9.47 Å². The van der Waals surface area contributed by atoms with Crippen LogP contribution in [0.3, 0.4) is 0 Å². The molecule has 2 fully saturated rings. The molecule has 2 N–H and O–H groups in total. The van der Waals surface area contributed by atoms with Crippen molar-refractivity contribution in [3.05, 3.63) is 23.8 Å². The van der Waals surface area contributed by atoms with Crippen molar-refractivity contribution in [2.24, 2.45) is 10.9 Å². The molecule has 182 valence electrons. The molecule has 3 rings (SSSR count). The van der Waals surface area contributed by atoms with E-state index >= 15 is 0 Å². The summed E-state index contributed by atoms with van der Waals surface area (Å²) in [5.74, 6) is 3.46. The zero-order valence-corrected chi connectivity index (χ0v) is 22.6. The summed E-state index contributed by atoms with van der Waals surface area (Å²) in [6, 6.07) is 6.52. The number of ether oxygens (including phenoxy) is 2. The molecule has 1 aromatic rings. The number of guanidine groups is 1. The van der Waals surface area contributed by atoms with Crippen molar-refractivity contribution in [1.29, 1.82) is 0 Å². The molecule has 8 heteroatoms. The number of methoxy groups -OCH3 is 2. The number of nitrogens with zero attached hydrogens (tertiary/aromatic N) is 3. The summed E-state index contributed by atoms with van der Waals surface area (Å²) >= 11 is 0. The zero-order chi connectivity index (χ0) is 22.1. The Bertz CT molecular complexity index is 687. The zero-order valence-electron chi connectivity index (χ0n) is 20.2. The van der Waals surface area contributed by atoms with Crippen LogP contribution < -0.4 is 20.1 Å². The maximum atomic E-state index is 5.41. The van der Waals surface area contributed by atoms with Gasteiger partial charge in [0, 0.05) is 45.3 Å². The van der Waals surface area contributed by atoms with Gasteiger partial charge >= 0.3 is 0 Å². The number of aliphatic imine (C=N–C) groups is 1. The van der Waals surface area contributed by atoms with Crippen LogP contribution in [0.15, 0.2) is 23.2 Å². The van der Waals surface area contributed by atoms with Crippen LogP contribution in [-0.2, 0) is 6.54 Å². The van der Waals surface area contributed by atoms with Gasteiger partial charge in [0.1, 0.15) is 11.5 Å². The van der Waals surface area contributed by atoms with E-state index in [-0.39, 0.29) is 24.0 Å². The van der Waals surface area contributed by atoms with E-state index < -0.39 is 0 Å². The highest BCUT2D eigenvalue weighted by Gasteiger charge is 2.24. The molecule has 0 spiro atoms. The molecule has 32 heavy (non-hydrogen) atoms. The Morgan fingerprint density at radius 1 is 1.03 bits per heavy atom. The van der Waals surface area contributed by atoms with E-state index in [4.69, 9.17) is 9.47 Å². The van der Waals surface area contributed by atoms with Crippen molar-refractivity contribution >= 4 is 29.9 Å². The highest BCUT2D eigenvalue weighted by Crippen LogP contribution is 2.24. The van der Waals surface area contributed by atoms with Crippen LogP contribution >= 0.6 is 24.0 Å². The van der Waals surface area contributed by atoms with Gasteiger partial charge in [0.25, 0.3) is 0 Å². The predicted molar refractivity (Wildman–Crippen MR) is 143 cm³/mol. The van der Waals surface area contributed by atoms with Crippen molar-refractivity contribution in [1.82, 2.24) is 20.4 Å². The van der Waals surface area contributed by atoms with E-state index in [1.54, 1.807) is 14.2 Å². The Kier molecular flexibility index (Phi) is 11.9. The van der Waals surface area contributed by atoms with E-state index in [0.29, 0.717) is 6.04 Å². The SMILES string of the molecule is CCN1CCC(CCNC(=NC)NC2CCN(Cc3cc(OC)cc(OC)c3)C2)CC1.I. The number of benzene rings is 1. The van der Waals surface area contributed by atoms with Crippen molar-refractivity contribution in [3.8, 4) is 11.5 Å². The summed E-state index contributed by atoms with van der Waals surface area (Å²) in [6.07, 6.45) is 5.01. The number of hydrogen-bond donors (Lipinski definition) is 2. The molecular formula is C24H42IN5O2. The van der Waals surface area contributed by atoms with E-state index in [0.717, 1.165) is 56.0 Å². The lowest BCUT2D eigenvalue weighted by atomic mass is 9.93. The first-order valence-electron chi connectivity index (χ1n) is 11.8. The van der Waals surface area contributed by atoms with E-state index in [1.165, 1.54) is 44.5 Å². The number of piperidine rings is 1. The third-order valence-electron chi connectivity index (χ3n) is 6.65. The smallest absolute Gasteiger partial charge is 0.191 e. The molecule has 7 nitrogen and oxygen atoms in total. The van der Waals surface area contributed by atoms with E-state index in [9.17, 15) is 0 Å². The molecule has 0 radical (unpaired) electrons. The van der Waals surface area contributed by atoms with Crippen molar-refractivity contribution in [2.45, 2.75) is 45.2 Å². The van der Waals surface area contributed by atoms with E-state index in [2.05, 4.69) is 44.5 Å². The largest absolute Gasteiger partial charge is 0.497 e. The second kappa shape index (κ2) is 14.1. The van der Waals surface area contributed by atoms with Gasteiger partial charge in [0.2, 0.25) is 0 Å². The topological polar surface area (TPSA) is 61.4 Å². The van der Waals surface area contributed by atoms with Crippen molar-refractivity contribution in [3.63, 3.8) is 0 Å².